The maximum Gasteiger partial charge on any atom is 0.266 e. The molecule has 5 heteroatoms. The molecule has 0 N–H and O–H groups in total. The van der Waals surface area contributed by atoms with Crippen molar-refractivity contribution in [1.29, 1.82) is 0 Å². The number of nitrogens with zero attached hydrogens (tertiary/aromatic N) is 3. The third-order valence-electron chi connectivity index (χ3n) is 4.17. The van der Waals surface area contributed by atoms with E-state index in [-0.39, 0.29) is 17.9 Å². The van der Waals surface area contributed by atoms with E-state index >= 15 is 0 Å². The summed E-state index contributed by atoms with van der Waals surface area (Å²) in [6.45, 7) is 4.04. The molecule has 3 rings (SSSR count). The van der Waals surface area contributed by atoms with E-state index < -0.39 is 5.92 Å². The van der Waals surface area contributed by atoms with E-state index in [2.05, 4.69) is 9.98 Å². The largest absolute Gasteiger partial charge is 0.293 e. The first-order valence-corrected chi connectivity index (χ1v) is 8.05. The standard InChI is InChI=1S/C19H19N3O2/c1-3-13(2)21-12-16-14-8-4-5-9-15(14)18(23)22(19(16)24)17-10-6-7-11-20-17/h4-13,16H,3H2,1-2H3/t13-,16?/m1/s1. The van der Waals surface area contributed by atoms with Crippen LogP contribution in [0, 0.1) is 0 Å². The van der Waals surface area contributed by atoms with Gasteiger partial charge in [0.25, 0.3) is 5.91 Å². The van der Waals surface area contributed by atoms with E-state index in [1.807, 2.05) is 26.0 Å². The first-order chi connectivity index (χ1) is 11.6. The Hall–Kier alpha value is -2.82. The molecule has 5 nitrogen and oxygen atoms in total. The Kier molecular flexibility index (Phi) is 4.51. The number of aliphatic imine (C=N–C) groups is 1. The van der Waals surface area contributed by atoms with Gasteiger partial charge in [0, 0.05) is 24.0 Å². The van der Waals surface area contributed by atoms with Gasteiger partial charge < -0.3 is 0 Å². The topological polar surface area (TPSA) is 62.6 Å². The molecule has 1 aromatic heterocycles. The quantitative estimate of drug-likeness (QED) is 0.641. The number of hydrogen-bond donors (Lipinski definition) is 0. The van der Waals surface area contributed by atoms with E-state index in [9.17, 15) is 9.59 Å². The maximum atomic E-state index is 13.0. The Bertz CT molecular complexity index is 786. The van der Waals surface area contributed by atoms with Crippen molar-refractivity contribution in [3.63, 3.8) is 0 Å². The Morgan fingerprint density at radius 3 is 2.67 bits per heavy atom. The summed E-state index contributed by atoms with van der Waals surface area (Å²) in [5, 5.41) is 0. The van der Waals surface area contributed by atoms with E-state index in [0.717, 1.165) is 11.3 Å². The summed E-state index contributed by atoms with van der Waals surface area (Å²) in [7, 11) is 0. The SMILES string of the molecule is CC[C@@H](C)N=CC1C(=O)N(c2ccccn2)C(=O)c2ccccc21. The summed E-state index contributed by atoms with van der Waals surface area (Å²) in [6.07, 6.45) is 4.12. The summed E-state index contributed by atoms with van der Waals surface area (Å²) < 4.78 is 0. The average Bonchev–Trinajstić information content (AvgIpc) is 2.62. The summed E-state index contributed by atoms with van der Waals surface area (Å²) in [5.41, 5.74) is 1.22. The number of hydrogen-bond acceptors (Lipinski definition) is 4. The highest BCUT2D eigenvalue weighted by Gasteiger charge is 2.39. The van der Waals surface area contributed by atoms with Crippen LogP contribution in [0.25, 0.3) is 0 Å². The van der Waals surface area contributed by atoms with Gasteiger partial charge in [-0.1, -0.05) is 31.2 Å². The van der Waals surface area contributed by atoms with Crippen LogP contribution in [0.5, 0.6) is 0 Å². The smallest absolute Gasteiger partial charge is 0.266 e. The van der Waals surface area contributed by atoms with E-state index in [1.54, 1.807) is 42.7 Å². The number of anilines is 1. The van der Waals surface area contributed by atoms with E-state index in [1.165, 1.54) is 0 Å². The number of fused-ring (bicyclic) bond motifs is 1. The summed E-state index contributed by atoms with van der Waals surface area (Å²) in [4.78, 5) is 35.5. The van der Waals surface area contributed by atoms with Crippen LogP contribution in [0.2, 0.25) is 0 Å². The van der Waals surface area contributed by atoms with Crippen molar-refractivity contribution >= 4 is 23.8 Å². The number of rotatable bonds is 4. The molecule has 0 spiro atoms. The van der Waals surface area contributed by atoms with Crippen molar-refractivity contribution in [3.05, 3.63) is 59.8 Å². The molecule has 0 bridgehead atoms. The van der Waals surface area contributed by atoms with Crippen molar-refractivity contribution in [1.82, 2.24) is 4.98 Å². The van der Waals surface area contributed by atoms with E-state index in [4.69, 9.17) is 0 Å². The molecule has 122 valence electrons. The van der Waals surface area contributed by atoms with Gasteiger partial charge in [0.15, 0.2) is 0 Å². The monoisotopic (exact) mass is 321 g/mol. The number of pyridine rings is 1. The minimum atomic E-state index is -0.574. The molecular weight excluding hydrogens is 302 g/mol. The zero-order valence-corrected chi connectivity index (χ0v) is 13.7. The van der Waals surface area contributed by atoms with Crippen LogP contribution in [-0.4, -0.2) is 29.1 Å². The third kappa shape index (κ3) is 2.85. The molecule has 0 aliphatic carbocycles. The number of imide groups is 1. The zero-order chi connectivity index (χ0) is 17.1. The molecule has 0 saturated heterocycles. The Morgan fingerprint density at radius 1 is 1.21 bits per heavy atom. The lowest BCUT2D eigenvalue weighted by Crippen LogP contribution is -2.46. The molecule has 1 aliphatic rings. The number of carbonyl (C=O) groups is 2. The average molecular weight is 321 g/mol. The second-order valence-electron chi connectivity index (χ2n) is 5.79. The van der Waals surface area contributed by atoms with Crippen LogP contribution in [-0.2, 0) is 4.79 Å². The zero-order valence-electron chi connectivity index (χ0n) is 13.7. The fourth-order valence-corrected chi connectivity index (χ4v) is 2.64. The molecule has 0 radical (unpaired) electrons. The van der Waals surface area contributed by atoms with Gasteiger partial charge in [0.05, 0.1) is 5.92 Å². The second kappa shape index (κ2) is 6.74. The van der Waals surface area contributed by atoms with Crippen LogP contribution in [0.3, 0.4) is 0 Å². The van der Waals surface area contributed by atoms with Crippen molar-refractivity contribution in [2.45, 2.75) is 32.2 Å². The van der Waals surface area contributed by atoms with Crippen molar-refractivity contribution < 1.29 is 9.59 Å². The maximum absolute atomic E-state index is 13.0. The van der Waals surface area contributed by atoms with Gasteiger partial charge in [0.2, 0.25) is 5.91 Å². The van der Waals surface area contributed by atoms with Crippen LogP contribution < -0.4 is 4.90 Å². The van der Waals surface area contributed by atoms with Crippen molar-refractivity contribution in [2.75, 3.05) is 4.90 Å². The number of aromatic nitrogens is 1. The van der Waals surface area contributed by atoms with Crippen LogP contribution in [0.1, 0.15) is 42.1 Å². The Labute approximate surface area is 141 Å². The summed E-state index contributed by atoms with van der Waals surface area (Å²) >= 11 is 0. The van der Waals surface area contributed by atoms with Gasteiger partial charge in [-0.15, -0.1) is 0 Å². The third-order valence-corrected chi connectivity index (χ3v) is 4.17. The van der Waals surface area contributed by atoms with Crippen LogP contribution in [0.4, 0.5) is 5.82 Å². The predicted octanol–water partition coefficient (Wildman–Crippen LogP) is 3.22. The molecule has 2 heterocycles. The summed E-state index contributed by atoms with van der Waals surface area (Å²) in [6, 6.07) is 12.5. The second-order valence-corrected chi connectivity index (χ2v) is 5.79. The van der Waals surface area contributed by atoms with Gasteiger partial charge >= 0.3 is 0 Å². The Morgan fingerprint density at radius 2 is 1.96 bits per heavy atom. The van der Waals surface area contributed by atoms with Crippen molar-refractivity contribution in [3.8, 4) is 0 Å². The lowest BCUT2D eigenvalue weighted by Gasteiger charge is -2.30. The molecule has 24 heavy (non-hydrogen) atoms. The molecule has 1 aliphatic heterocycles. The molecule has 1 aromatic carbocycles. The van der Waals surface area contributed by atoms with E-state index in [0.29, 0.717) is 16.9 Å². The van der Waals surface area contributed by atoms with Gasteiger partial charge in [-0.25, -0.2) is 9.88 Å². The van der Waals surface area contributed by atoms with Gasteiger partial charge in [-0.2, -0.15) is 0 Å². The highest BCUT2D eigenvalue weighted by atomic mass is 16.2. The number of carbonyl (C=O) groups excluding carboxylic acids is 2. The predicted molar refractivity (Wildman–Crippen MR) is 93.5 cm³/mol. The first-order valence-electron chi connectivity index (χ1n) is 8.05. The molecule has 2 atom stereocenters. The van der Waals surface area contributed by atoms with Crippen LogP contribution >= 0.6 is 0 Å². The minimum Gasteiger partial charge on any atom is -0.293 e. The summed E-state index contributed by atoms with van der Waals surface area (Å²) in [5.74, 6) is -0.897. The molecule has 0 saturated carbocycles. The molecular formula is C19H19N3O2. The minimum absolute atomic E-state index is 0.130. The Balaban J connectivity index is 2.08. The lowest BCUT2D eigenvalue weighted by molar-refractivity contribution is -0.118. The fourth-order valence-electron chi connectivity index (χ4n) is 2.64. The molecule has 0 fully saturated rings. The molecule has 1 unspecified atom stereocenters. The normalized spacial score (nSPS) is 18.8. The highest BCUT2D eigenvalue weighted by Crippen LogP contribution is 2.31. The molecule has 2 amide bonds. The first kappa shape index (κ1) is 16.1. The van der Waals surface area contributed by atoms with Crippen molar-refractivity contribution in [2.24, 2.45) is 4.99 Å². The lowest BCUT2D eigenvalue weighted by atomic mass is 9.89. The highest BCUT2D eigenvalue weighted by molar-refractivity contribution is 6.28. The molecule has 2 aromatic rings. The van der Waals surface area contributed by atoms with Crippen LogP contribution in [0.15, 0.2) is 53.7 Å². The number of amides is 2. The number of benzene rings is 1. The fraction of sp³-hybridized carbons (Fsp3) is 0.263. The van der Waals surface area contributed by atoms with Gasteiger partial charge in [0.1, 0.15) is 5.82 Å². The van der Waals surface area contributed by atoms with Gasteiger partial charge in [-0.05, 0) is 37.1 Å². The van der Waals surface area contributed by atoms with Gasteiger partial charge in [-0.3, -0.25) is 14.6 Å².